The number of fused-ring (bicyclic) bond motifs is 1. The zero-order valence-electron chi connectivity index (χ0n) is 16.6. The summed E-state index contributed by atoms with van der Waals surface area (Å²) in [5, 5.41) is 9.72. The number of rotatable bonds is 7. The van der Waals surface area contributed by atoms with Gasteiger partial charge in [-0.15, -0.1) is 0 Å². The monoisotopic (exact) mass is 461 g/mol. The SMILES string of the molecule is CCCS(=O)(=O)Nc1ccc(F)c(C(=O)Nc2cnc3n[nH]c(-c4ccco4)c3c2)c1F. The summed E-state index contributed by atoms with van der Waals surface area (Å²) >= 11 is 0. The van der Waals surface area contributed by atoms with Crippen LogP contribution in [0.2, 0.25) is 0 Å². The highest BCUT2D eigenvalue weighted by molar-refractivity contribution is 7.92. The molecule has 0 saturated carbocycles. The molecule has 9 nitrogen and oxygen atoms in total. The minimum Gasteiger partial charge on any atom is -0.463 e. The van der Waals surface area contributed by atoms with Crippen LogP contribution >= 0.6 is 0 Å². The van der Waals surface area contributed by atoms with Crippen molar-refractivity contribution in [3.8, 4) is 11.5 Å². The van der Waals surface area contributed by atoms with Gasteiger partial charge in [0.15, 0.2) is 17.2 Å². The van der Waals surface area contributed by atoms with Gasteiger partial charge >= 0.3 is 0 Å². The molecule has 4 aromatic rings. The Morgan fingerprint density at radius 3 is 2.78 bits per heavy atom. The van der Waals surface area contributed by atoms with Crippen LogP contribution in [0.4, 0.5) is 20.2 Å². The van der Waals surface area contributed by atoms with Gasteiger partial charge in [-0.05, 0) is 36.8 Å². The molecule has 3 N–H and O–H groups in total. The van der Waals surface area contributed by atoms with Gasteiger partial charge in [-0.3, -0.25) is 14.6 Å². The number of carbonyl (C=O) groups is 1. The van der Waals surface area contributed by atoms with Gasteiger partial charge in [0.2, 0.25) is 10.0 Å². The fourth-order valence-electron chi connectivity index (χ4n) is 3.10. The predicted molar refractivity (Wildman–Crippen MR) is 114 cm³/mol. The first-order valence-corrected chi connectivity index (χ1v) is 11.1. The molecule has 0 spiro atoms. The summed E-state index contributed by atoms with van der Waals surface area (Å²) < 4.78 is 60.4. The minimum absolute atomic E-state index is 0.146. The van der Waals surface area contributed by atoms with E-state index in [-0.39, 0.29) is 11.4 Å². The Balaban J connectivity index is 1.65. The maximum absolute atomic E-state index is 14.8. The Kier molecular flexibility index (Phi) is 5.61. The molecular weight excluding hydrogens is 444 g/mol. The van der Waals surface area contributed by atoms with Gasteiger partial charge in [-0.25, -0.2) is 22.2 Å². The number of furan rings is 1. The lowest BCUT2D eigenvalue weighted by Gasteiger charge is -2.12. The topological polar surface area (TPSA) is 130 Å². The van der Waals surface area contributed by atoms with Crippen LogP contribution < -0.4 is 10.0 Å². The maximum atomic E-state index is 14.8. The number of hydrogen-bond donors (Lipinski definition) is 3. The first-order valence-electron chi connectivity index (χ1n) is 9.47. The van der Waals surface area contributed by atoms with E-state index in [4.69, 9.17) is 4.42 Å². The number of pyridine rings is 1. The van der Waals surface area contributed by atoms with E-state index in [0.29, 0.717) is 28.9 Å². The summed E-state index contributed by atoms with van der Waals surface area (Å²) in [4.78, 5) is 16.8. The van der Waals surface area contributed by atoms with Crippen molar-refractivity contribution in [2.45, 2.75) is 13.3 Å². The average Bonchev–Trinajstić information content (AvgIpc) is 3.39. The van der Waals surface area contributed by atoms with E-state index < -0.39 is 38.8 Å². The van der Waals surface area contributed by atoms with Crippen molar-refractivity contribution >= 4 is 38.3 Å². The van der Waals surface area contributed by atoms with Gasteiger partial charge in [-0.1, -0.05) is 6.92 Å². The van der Waals surface area contributed by atoms with Crippen LogP contribution in [0.25, 0.3) is 22.5 Å². The molecule has 12 heteroatoms. The molecule has 0 aliphatic carbocycles. The third-order valence-corrected chi connectivity index (χ3v) is 5.97. The molecule has 166 valence electrons. The highest BCUT2D eigenvalue weighted by Gasteiger charge is 2.23. The highest BCUT2D eigenvalue weighted by Crippen LogP contribution is 2.28. The molecule has 0 fully saturated rings. The third kappa shape index (κ3) is 4.17. The summed E-state index contributed by atoms with van der Waals surface area (Å²) in [5.41, 5.74) is -0.446. The van der Waals surface area contributed by atoms with Crippen molar-refractivity contribution in [3.63, 3.8) is 0 Å². The Labute approximate surface area is 180 Å². The van der Waals surface area contributed by atoms with E-state index in [2.05, 4.69) is 20.5 Å². The molecule has 0 unspecified atom stereocenters. The predicted octanol–water partition coefficient (Wildman–Crippen LogP) is 3.90. The molecule has 0 radical (unpaired) electrons. The zero-order chi connectivity index (χ0) is 22.9. The molecule has 0 bridgehead atoms. The number of aromatic nitrogens is 3. The molecule has 1 aromatic carbocycles. The van der Waals surface area contributed by atoms with Crippen LogP contribution in [0.3, 0.4) is 0 Å². The van der Waals surface area contributed by atoms with E-state index in [1.165, 1.54) is 18.5 Å². The molecule has 0 aliphatic rings. The number of nitrogens with one attached hydrogen (secondary N) is 3. The lowest BCUT2D eigenvalue weighted by atomic mass is 10.1. The second kappa shape index (κ2) is 8.38. The van der Waals surface area contributed by atoms with Crippen molar-refractivity contribution in [2.75, 3.05) is 15.8 Å². The second-order valence-corrected chi connectivity index (χ2v) is 8.67. The molecule has 3 heterocycles. The summed E-state index contributed by atoms with van der Waals surface area (Å²) in [6, 6.07) is 6.64. The van der Waals surface area contributed by atoms with E-state index >= 15 is 0 Å². The van der Waals surface area contributed by atoms with Gasteiger partial charge in [-0.2, -0.15) is 5.10 Å². The van der Waals surface area contributed by atoms with Crippen LogP contribution in [-0.2, 0) is 10.0 Å². The molecule has 3 aromatic heterocycles. The van der Waals surface area contributed by atoms with Crippen molar-refractivity contribution in [3.05, 3.63) is 60.0 Å². The van der Waals surface area contributed by atoms with Crippen LogP contribution in [0.5, 0.6) is 0 Å². The Bertz CT molecular complexity index is 1400. The van der Waals surface area contributed by atoms with Crippen molar-refractivity contribution < 1.29 is 26.4 Å². The quantitative estimate of drug-likeness (QED) is 0.383. The second-order valence-electron chi connectivity index (χ2n) is 6.83. The molecule has 1 amide bonds. The number of aromatic amines is 1. The fourth-order valence-corrected chi connectivity index (χ4v) is 4.23. The largest absolute Gasteiger partial charge is 0.463 e. The number of anilines is 2. The molecule has 0 aliphatic heterocycles. The van der Waals surface area contributed by atoms with Crippen LogP contribution in [-0.4, -0.2) is 35.3 Å². The smallest absolute Gasteiger partial charge is 0.261 e. The summed E-state index contributed by atoms with van der Waals surface area (Å²) in [7, 11) is -3.84. The molecule has 0 saturated heterocycles. The Morgan fingerprint density at radius 1 is 1.25 bits per heavy atom. The summed E-state index contributed by atoms with van der Waals surface area (Å²) in [6.45, 7) is 1.64. The number of halogens is 2. The Hall–Kier alpha value is -3.80. The number of carbonyl (C=O) groups excluding carboxylic acids is 1. The third-order valence-electron chi connectivity index (χ3n) is 4.49. The first kappa shape index (κ1) is 21.4. The van der Waals surface area contributed by atoms with Crippen LogP contribution in [0.15, 0.2) is 47.2 Å². The van der Waals surface area contributed by atoms with Gasteiger partial charge in [0, 0.05) is 0 Å². The molecular formula is C20H17F2N5O4S. The fraction of sp³-hybridized carbons (Fsp3) is 0.150. The van der Waals surface area contributed by atoms with E-state index in [9.17, 15) is 22.0 Å². The number of H-pyrrole nitrogens is 1. The zero-order valence-corrected chi connectivity index (χ0v) is 17.5. The molecule has 4 rings (SSSR count). The first-order chi connectivity index (χ1) is 15.3. The summed E-state index contributed by atoms with van der Waals surface area (Å²) in [6.07, 6.45) is 3.06. The number of benzene rings is 1. The van der Waals surface area contributed by atoms with E-state index in [0.717, 1.165) is 12.1 Å². The standard InChI is InChI=1S/C20H17F2N5O4S/c1-2-8-32(29,30)27-14-6-5-13(21)16(17(14)22)20(28)24-11-9-12-18(15-4-3-7-31-15)25-26-19(12)23-10-11/h3-7,9-10,27H,2,8H2,1H3,(H,24,28)(H,23,25,26). The molecule has 32 heavy (non-hydrogen) atoms. The number of nitrogens with zero attached hydrogens (tertiary/aromatic N) is 2. The highest BCUT2D eigenvalue weighted by atomic mass is 32.2. The minimum atomic E-state index is -3.84. The summed E-state index contributed by atoms with van der Waals surface area (Å²) in [5.74, 6) is -3.34. The van der Waals surface area contributed by atoms with Crippen molar-refractivity contribution in [1.82, 2.24) is 15.2 Å². The van der Waals surface area contributed by atoms with Gasteiger partial charge in [0.1, 0.15) is 17.1 Å². The normalized spacial score (nSPS) is 11.6. The molecule has 0 atom stereocenters. The number of sulfonamides is 1. The van der Waals surface area contributed by atoms with Gasteiger partial charge < -0.3 is 9.73 Å². The number of hydrogen-bond acceptors (Lipinski definition) is 6. The Morgan fingerprint density at radius 2 is 2.06 bits per heavy atom. The van der Waals surface area contributed by atoms with E-state index in [1.807, 2.05) is 4.72 Å². The van der Waals surface area contributed by atoms with Crippen molar-refractivity contribution in [2.24, 2.45) is 0 Å². The maximum Gasteiger partial charge on any atom is 0.261 e. The van der Waals surface area contributed by atoms with Crippen LogP contribution in [0, 0.1) is 11.6 Å². The van der Waals surface area contributed by atoms with Crippen LogP contribution in [0.1, 0.15) is 23.7 Å². The van der Waals surface area contributed by atoms with E-state index in [1.54, 1.807) is 19.1 Å². The number of amides is 1. The lowest BCUT2D eigenvalue weighted by Crippen LogP contribution is -2.20. The van der Waals surface area contributed by atoms with Crippen molar-refractivity contribution in [1.29, 1.82) is 0 Å². The lowest BCUT2D eigenvalue weighted by molar-refractivity contribution is 0.101. The van der Waals surface area contributed by atoms with Gasteiger partial charge in [0.05, 0.1) is 35.0 Å². The van der Waals surface area contributed by atoms with Gasteiger partial charge in [0.25, 0.3) is 5.91 Å². The average molecular weight is 461 g/mol.